The van der Waals surface area contributed by atoms with Crippen molar-refractivity contribution >= 4 is 15.9 Å². The Kier molecular flexibility index (Phi) is 5.79. The zero-order valence-electron chi connectivity index (χ0n) is 12.3. The Hall–Kier alpha value is -1.36. The van der Waals surface area contributed by atoms with Crippen molar-refractivity contribution in [2.45, 2.75) is 19.4 Å². The van der Waals surface area contributed by atoms with Crippen molar-refractivity contribution < 1.29 is 9.47 Å². The highest BCUT2D eigenvalue weighted by molar-refractivity contribution is 9.10. The van der Waals surface area contributed by atoms with Crippen LogP contribution in [0.3, 0.4) is 0 Å². The Bertz CT molecular complexity index is 582. The van der Waals surface area contributed by atoms with Gasteiger partial charge in [-0.3, -0.25) is 0 Å². The van der Waals surface area contributed by atoms with E-state index in [-0.39, 0.29) is 6.04 Å². The fraction of sp³-hybridized carbons (Fsp3) is 0.294. The summed E-state index contributed by atoms with van der Waals surface area (Å²) in [5.41, 5.74) is 8.19. The summed E-state index contributed by atoms with van der Waals surface area (Å²) < 4.78 is 11.9. The minimum Gasteiger partial charge on any atom is -0.457 e. The molecule has 2 rings (SSSR count). The topological polar surface area (TPSA) is 44.5 Å². The highest BCUT2D eigenvalue weighted by atomic mass is 79.9. The van der Waals surface area contributed by atoms with E-state index in [9.17, 15) is 0 Å². The second-order valence-corrected chi connectivity index (χ2v) is 5.82. The van der Waals surface area contributed by atoms with Crippen LogP contribution in [0.25, 0.3) is 0 Å². The largest absolute Gasteiger partial charge is 0.457 e. The summed E-state index contributed by atoms with van der Waals surface area (Å²) in [4.78, 5) is 0. The average Bonchev–Trinajstić information content (AvgIpc) is 2.46. The maximum atomic E-state index is 5.89. The third-order valence-electron chi connectivity index (χ3n) is 3.22. The first kappa shape index (κ1) is 16.0. The van der Waals surface area contributed by atoms with Gasteiger partial charge in [0.15, 0.2) is 0 Å². The normalized spacial score (nSPS) is 12.2. The predicted octanol–water partition coefficient (Wildman–Crippen LogP) is 4.45. The Morgan fingerprint density at radius 2 is 1.76 bits per heavy atom. The van der Waals surface area contributed by atoms with E-state index in [2.05, 4.69) is 28.1 Å². The summed E-state index contributed by atoms with van der Waals surface area (Å²) in [6.45, 7) is 2.69. The van der Waals surface area contributed by atoms with Crippen LogP contribution in [0.4, 0.5) is 0 Å². The van der Waals surface area contributed by atoms with Gasteiger partial charge < -0.3 is 15.2 Å². The van der Waals surface area contributed by atoms with Crippen LogP contribution in [-0.2, 0) is 11.2 Å². The lowest BCUT2D eigenvalue weighted by Crippen LogP contribution is -2.05. The molecule has 0 spiro atoms. The van der Waals surface area contributed by atoms with Crippen LogP contribution in [0.2, 0.25) is 0 Å². The van der Waals surface area contributed by atoms with E-state index in [0.29, 0.717) is 0 Å². The summed E-state index contributed by atoms with van der Waals surface area (Å²) in [6.07, 6.45) is 0.908. The third kappa shape index (κ3) is 4.56. The molecule has 2 N–H and O–H groups in total. The number of hydrogen-bond acceptors (Lipinski definition) is 3. The lowest BCUT2D eigenvalue weighted by atomic mass is 10.1. The molecule has 3 nitrogen and oxygen atoms in total. The molecule has 0 bridgehead atoms. The van der Waals surface area contributed by atoms with E-state index in [0.717, 1.165) is 34.6 Å². The molecule has 0 amide bonds. The van der Waals surface area contributed by atoms with Gasteiger partial charge in [0.1, 0.15) is 11.5 Å². The maximum Gasteiger partial charge on any atom is 0.128 e. The van der Waals surface area contributed by atoms with Crippen LogP contribution in [0.5, 0.6) is 11.5 Å². The first-order valence-corrected chi connectivity index (χ1v) is 7.70. The minimum absolute atomic E-state index is 0.00602. The van der Waals surface area contributed by atoms with Crippen molar-refractivity contribution in [3.63, 3.8) is 0 Å². The van der Waals surface area contributed by atoms with Gasteiger partial charge in [0.25, 0.3) is 0 Å². The summed E-state index contributed by atoms with van der Waals surface area (Å²) in [5, 5.41) is 0. The van der Waals surface area contributed by atoms with E-state index in [1.807, 2.05) is 37.3 Å². The van der Waals surface area contributed by atoms with E-state index in [4.69, 9.17) is 15.2 Å². The standard InChI is InChI=1S/C17H20BrNO2/c1-12(19)16-8-7-15(11-17(16)18)21-14-5-3-13(4-6-14)9-10-20-2/h3-8,11-12H,9-10,19H2,1-2H3/t12-/m1/s1. The number of ether oxygens (including phenoxy) is 2. The summed E-state index contributed by atoms with van der Waals surface area (Å²) >= 11 is 3.53. The second-order valence-electron chi connectivity index (χ2n) is 4.96. The Morgan fingerprint density at radius 1 is 1.10 bits per heavy atom. The molecule has 2 aromatic rings. The predicted molar refractivity (Wildman–Crippen MR) is 88.8 cm³/mol. The number of halogens is 1. The Labute approximate surface area is 134 Å². The molecule has 112 valence electrons. The van der Waals surface area contributed by atoms with Crippen LogP contribution in [0, 0.1) is 0 Å². The fourth-order valence-electron chi connectivity index (χ4n) is 2.02. The molecule has 2 aromatic carbocycles. The molecule has 4 heteroatoms. The van der Waals surface area contributed by atoms with Crippen LogP contribution in [-0.4, -0.2) is 13.7 Å². The molecular weight excluding hydrogens is 330 g/mol. The van der Waals surface area contributed by atoms with Crippen LogP contribution in [0.15, 0.2) is 46.9 Å². The van der Waals surface area contributed by atoms with Gasteiger partial charge in [-0.15, -0.1) is 0 Å². The van der Waals surface area contributed by atoms with Crippen molar-refractivity contribution in [1.29, 1.82) is 0 Å². The first-order valence-electron chi connectivity index (χ1n) is 6.91. The number of hydrogen-bond donors (Lipinski definition) is 1. The summed E-state index contributed by atoms with van der Waals surface area (Å²) in [6, 6.07) is 13.9. The van der Waals surface area contributed by atoms with Crippen molar-refractivity contribution in [2.24, 2.45) is 5.73 Å². The van der Waals surface area contributed by atoms with Gasteiger partial charge in [-0.1, -0.05) is 34.1 Å². The van der Waals surface area contributed by atoms with Crippen molar-refractivity contribution in [1.82, 2.24) is 0 Å². The van der Waals surface area contributed by atoms with Gasteiger partial charge in [-0.05, 0) is 48.7 Å². The van der Waals surface area contributed by atoms with Crippen molar-refractivity contribution in [3.8, 4) is 11.5 Å². The average molecular weight is 350 g/mol. The van der Waals surface area contributed by atoms with Crippen LogP contribution >= 0.6 is 15.9 Å². The van der Waals surface area contributed by atoms with Crippen LogP contribution < -0.4 is 10.5 Å². The SMILES string of the molecule is COCCc1ccc(Oc2ccc([C@@H](C)N)c(Br)c2)cc1. The lowest BCUT2D eigenvalue weighted by molar-refractivity contribution is 0.202. The zero-order valence-corrected chi connectivity index (χ0v) is 13.9. The monoisotopic (exact) mass is 349 g/mol. The van der Waals surface area contributed by atoms with Gasteiger partial charge in [0.2, 0.25) is 0 Å². The zero-order chi connectivity index (χ0) is 15.2. The maximum absolute atomic E-state index is 5.89. The fourth-order valence-corrected chi connectivity index (χ4v) is 2.74. The third-order valence-corrected chi connectivity index (χ3v) is 3.90. The Balaban J connectivity index is 2.06. The molecule has 1 atom stereocenters. The molecule has 0 aromatic heterocycles. The minimum atomic E-state index is -0.00602. The number of rotatable bonds is 6. The van der Waals surface area contributed by atoms with Gasteiger partial charge >= 0.3 is 0 Å². The van der Waals surface area contributed by atoms with E-state index < -0.39 is 0 Å². The van der Waals surface area contributed by atoms with Crippen LogP contribution in [0.1, 0.15) is 24.1 Å². The van der Waals surface area contributed by atoms with Gasteiger partial charge in [-0.25, -0.2) is 0 Å². The molecule has 0 aliphatic carbocycles. The van der Waals surface area contributed by atoms with Crippen molar-refractivity contribution in [2.75, 3.05) is 13.7 Å². The van der Waals surface area contributed by atoms with Gasteiger partial charge in [-0.2, -0.15) is 0 Å². The van der Waals surface area contributed by atoms with Crippen molar-refractivity contribution in [3.05, 3.63) is 58.1 Å². The second kappa shape index (κ2) is 7.59. The quantitative estimate of drug-likeness (QED) is 0.837. The highest BCUT2D eigenvalue weighted by Gasteiger charge is 2.07. The van der Waals surface area contributed by atoms with Gasteiger partial charge in [0.05, 0.1) is 6.61 Å². The molecule has 0 heterocycles. The molecule has 0 saturated carbocycles. The highest BCUT2D eigenvalue weighted by Crippen LogP contribution is 2.29. The van der Waals surface area contributed by atoms with E-state index >= 15 is 0 Å². The molecule has 0 radical (unpaired) electrons. The molecule has 0 saturated heterocycles. The number of nitrogens with two attached hydrogens (primary N) is 1. The molecular formula is C17H20BrNO2. The van der Waals surface area contributed by atoms with Gasteiger partial charge in [0, 0.05) is 17.6 Å². The Morgan fingerprint density at radius 3 is 2.33 bits per heavy atom. The smallest absolute Gasteiger partial charge is 0.128 e. The summed E-state index contributed by atoms with van der Waals surface area (Å²) in [5.74, 6) is 1.60. The number of benzene rings is 2. The molecule has 0 unspecified atom stereocenters. The molecule has 0 fully saturated rings. The molecule has 0 aliphatic heterocycles. The first-order chi connectivity index (χ1) is 10.1. The number of methoxy groups -OCH3 is 1. The van der Waals surface area contributed by atoms with E-state index in [1.54, 1.807) is 7.11 Å². The summed E-state index contributed by atoms with van der Waals surface area (Å²) in [7, 11) is 1.71. The van der Waals surface area contributed by atoms with E-state index in [1.165, 1.54) is 5.56 Å². The molecule has 21 heavy (non-hydrogen) atoms. The lowest BCUT2D eigenvalue weighted by Gasteiger charge is -2.11. The molecule has 0 aliphatic rings.